The molecular formula is C66H53N5S. The van der Waals surface area contributed by atoms with Crippen LogP contribution < -0.4 is 4.90 Å². The highest BCUT2D eigenvalue weighted by Gasteiger charge is 2.52. The molecule has 0 atom stereocenters. The molecule has 0 saturated carbocycles. The predicted octanol–water partition coefficient (Wildman–Crippen LogP) is 17.2. The third kappa shape index (κ3) is 6.87. The van der Waals surface area contributed by atoms with Crippen LogP contribution in [0.3, 0.4) is 0 Å². The van der Waals surface area contributed by atoms with Crippen molar-refractivity contribution in [3.05, 3.63) is 246 Å². The molecule has 13 rings (SSSR count). The van der Waals surface area contributed by atoms with Gasteiger partial charge in [0, 0.05) is 48.5 Å². The van der Waals surface area contributed by atoms with Gasteiger partial charge >= 0.3 is 0 Å². The van der Waals surface area contributed by atoms with Crippen LogP contribution in [0, 0.1) is 0 Å². The second-order valence-corrected chi connectivity index (χ2v) is 22.3. The summed E-state index contributed by atoms with van der Waals surface area (Å²) in [4.78, 5) is 20.3. The fourth-order valence-electron chi connectivity index (χ4n) is 11.3. The number of fused-ring (bicyclic) bond motifs is 11. The van der Waals surface area contributed by atoms with E-state index in [-0.39, 0.29) is 10.8 Å². The average Bonchev–Trinajstić information content (AvgIpc) is 3.74. The summed E-state index contributed by atoms with van der Waals surface area (Å²) in [5, 5.41) is 2.55. The van der Waals surface area contributed by atoms with Crippen LogP contribution in [0.15, 0.2) is 222 Å². The zero-order valence-electron chi connectivity index (χ0n) is 41.4. The van der Waals surface area contributed by atoms with E-state index in [0.29, 0.717) is 17.5 Å². The maximum absolute atomic E-state index is 5.16. The van der Waals surface area contributed by atoms with Crippen LogP contribution in [0.25, 0.3) is 61.7 Å². The maximum atomic E-state index is 5.16. The SMILES string of the molecule is CC(C)(C)c1ccc2c(c1)c1cc(C(C)(C)C)ccc1n2-c1cccc2c1C1(c3ccccc3S2)c2ccccc2N(c2cccc(-c3nc(-c4ccccc4)nc(-c4ccccc4)n3)c2)c2ccccc21. The Morgan fingerprint density at radius 3 is 1.39 bits per heavy atom. The third-order valence-corrected chi connectivity index (χ3v) is 15.9. The van der Waals surface area contributed by atoms with E-state index in [1.54, 1.807) is 0 Å². The highest BCUT2D eigenvalue weighted by molar-refractivity contribution is 7.99. The monoisotopic (exact) mass is 947 g/mol. The van der Waals surface area contributed by atoms with Gasteiger partial charge in [-0.05, 0) is 105 Å². The van der Waals surface area contributed by atoms with Crippen molar-refractivity contribution in [2.45, 2.75) is 67.6 Å². The highest BCUT2D eigenvalue weighted by atomic mass is 32.2. The lowest BCUT2D eigenvalue weighted by Crippen LogP contribution is -2.40. The second kappa shape index (κ2) is 16.5. The first-order valence-electron chi connectivity index (χ1n) is 24.9. The quantitative estimate of drug-likeness (QED) is 0.172. The molecule has 0 saturated heterocycles. The van der Waals surface area contributed by atoms with Crippen molar-refractivity contribution in [3.8, 4) is 39.9 Å². The standard InChI is InChI=1S/C66H53N5S/c1-64(2,3)45-35-37-53-48(40-45)49-41-46(65(4,5)6)36-38-54(49)71(53)57-32-20-34-59-60(57)66(52-29-15-18-33-58(52)72-59)50-27-13-16-30-55(50)70(56-31-17-14-28-51(56)66)47-26-19-25-44(39-47)63-68-61(42-21-9-7-10-22-42)67-62(69-63)43-23-11-8-12-24-43/h7-41H,1-6H3. The summed E-state index contributed by atoms with van der Waals surface area (Å²) in [6.45, 7) is 13.9. The summed E-state index contributed by atoms with van der Waals surface area (Å²) in [5.74, 6) is 1.89. The molecule has 0 bridgehead atoms. The molecule has 4 heterocycles. The summed E-state index contributed by atoms with van der Waals surface area (Å²) >= 11 is 1.88. The van der Waals surface area contributed by atoms with Gasteiger partial charge in [0.05, 0.1) is 33.5 Å². The average molecular weight is 948 g/mol. The van der Waals surface area contributed by atoms with E-state index in [1.165, 1.54) is 70.7 Å². The van der Waals surface area contributed by atoms with Gasteiger partial charge in [0.25, 0.3) is 0 Å². The summed E-state index contributed by atoms with van der Waals surface area (Å²) < 4.78 is 2.57. The first-order valence-corrected chi connectivity index (χ1v) is 25.8. The van der Waals surface area contributed by atoms with Gasteiger partial charge < -0.3 is 9.47 Å². The van der Waals surface area contributed by atoms with Gasteiger partial charge in [0.2, 0.25) is 0 Å². The Kier molecular flexibility index (Phi) is 10.1. The third-order valence-electron chi connectivity index (χ3n) is 14.8. The Hall–Kier alpha value is -8.06. The predicted molar refractivity (Wildman–Crippen MR) is 299 cm³/mol. The molecule has 11 aromatic rings. The van der Waals surface area contributed by atoms with E-state index in [2.05, 4.69) is 227 Å². The molecule has 72 heavy (non-hydrogen) atoms. The number of hydrogen-bond donors (Lipinski definition) is 0. The molecule has 0 radical (unpaired) electrons. The fraction of sp³-hybridized carbons (Fsp3) is 0.136. The first kappa shape index (κ1) is 43.9. The van der Waals surface area contributed by atoms with Gasteiger partial charge in [0.15, 0.2) is 17.5 Å². The molecule has 2 aliphatic heterocycles. The molecule has 0 unspecified atom stereocenters. The summed E-state index contributed by atoms with van der Waals surface area (Å²) in [6.07, 6.45) is 0. The molecule has 0 fully saturated rings. The maximum Gasteiger partial charge on any atom is 0.164 e. The topological polar surface area (TPSA) is 46.8 Å². The zero-order valence-corrected chi connectivity index (χ0v) is 42.2. The number of benzene rings is 9. The molecule has 0 amide bonds. The Bertz CT molecular complexity index is 3760. The molecule has 9 aromatic carbocycles. The normalized spacial score (nSPS) is 13.7. The number of anilines is 3. The Morgan fingerprint density at radius 1 is 0.389 bits per heavy atom. The number of hydrogen-bond acceptors (Lipinski definition) is 5. The van der Waals surface area contributed by atoms with Gasteiger partial charge in [-0.2, -0.15) is 0 Å². The molecule has 348 valence electrons. The lowest BCUT2D eigenvalue weighted by atomic mass is 9.61. The lowest BCUT2D eigenvalue weighted by Gasteiger charge is -2.49. The van der Waals surface area contributed by atoms with Gasteiger partial charge in [-0.1, -0.05) is 199 Å². The molecular weight excluding hydrogens is 895 g/mol. The Labute approximate surface area is 425 Å². The number of para-hydroxylation sites is 2. The van der Waals surface area contributed by atoms with Crippen LogP contribution in [0.1, 0.15) is 74.9 Å². The van der Waals surface area contributed by atoms with Crippen molar-refractivity contribution in [1.29, 1.82) is 0 Å². The largest absolute Gasteiger partial charge is 0.310 e. The Morgan fingerprint density at radius 2 is 0.833 bits per heavy atom. The minimum Gasteiger partial charge on any atom is -0.310 e. The smallest absolute Gasteiger partial charge is 0.164 e. The van der Waals surface area contributed by atoms with Gasteiger partial charge in [0.1, 0.15) is 0 Å². The van der Waals surface area contributed by atoms with Crippen LogP contribution in [0.2, 0.25) is 0 Å². The number of rotatable bonds is 5. The van der Waals surface area contributed by atoms with Crippen molar-refractivity contribution in [3.63, 3.8) is 0 Å². The van der Waals surface area contributed by atoms with E-state index in [0.717, 1.165) is 33.8 Å². The van der Waals surface area contributed by atoms with E-state index in [1.807, 2.05) is 48.2 Å². The minimum atomic E-state index is -0.710. The van der Waals surface area contributed by atoms with E-state index in [9.17, 15) is 0 Å². The summed E-state index contributed by atoms with van der Waals surface area (Å²) in [6, 6.07) is 77.6. The van der Waals surface area contributed by atoms with E-state index in [4.69, 9.17) is 15.0 Å². The van der Waals surface area contributed by atoms with Crippen molar-refractivity contribution < 1.29 is 0 Å². The van der Waals surface area contributed by atoms with Crippen LogP contribution in [-0.2, 0) is 16.2 Å². The van der Waals surface area contributed by atoms with Gasteiger partial charge in [-0.15, -0.1) is 0 Å². The van der Waals surface area contributed by atoms with Gasteiger partial charge in [-0.3, -0.25) is 0 Å². The summed E-state index contributed by atoms with van der Waals surface area (Å²) in [7, 11) is 0. The van der Waals surface area contributed by atoms with Crippen molar-refractivity contribution >= 4 is 50.6 Å². The molecule has 0 aliphatic carbocycles. The first-order chi connectivity index (χ1) is 35.0. The number of nitrogens with zero attached hydrogens (tertiary/aromatic N) is 5. The molecule has 2 aliphatic rings. The molecule has 5 nitrogen and oxygen atoms in total. The molecule has 6 heteroatoms. The van der Waals surface area contributed by atoms with E-state index < -0.39 is 5.41 Å². The van der Waals surface area contributed by atoms with Crippen LogP contribution >= 0.6 is 11.8 Å². The molecule has 2 aromatic heterocycles. The number of aromatic nitrogens is 4. The van der Waals surface area contributed by atoms with Crippen molar-refractivity contribution in [1.82, 2.24) is 19.5 Å². The zero-order chi connectivity index (χ0) is 48.9. The van der Waals surface area contributed by atoms with Crippen LogP contribution in [0.4, 0.5) is 17.1 Å². The second-order valence-electron chi connectivity index (χ2n) is 21.3. The highest BCUT2D eigenvalue weighted by Crippen LogP contribution is 2.64. The van der Waals surface area contributed by atoms with Crippen molar-refractivity contribution in [2.24, 2.45) is 0 Å². The van der Waals surface area contributed by atoms with Crippen molar-refractivity contribution in [2.75, 3.05) is 4.90 Å². The van der Waals surface area contributed by atoms with Crippen LogP contribution in [0.5, 0.6) is 0 Å². The fourth-order valence-corrected chi connectivity index (χ4v) is 12.5. The summed E-state index contributed by atoms with van der Waals surface area (Å²) in [5.41, 5.74) is 16.6. The minimum absolute atomic E-state index is 0.0109. The molecule has 1 spiro atoms. The lowest BCUT2D eigenvalue weighted by molar-refractivity contribution is 0.590. The molecule has 0 N–H and O–H groups in total. The van der Waals surface area contributed by atoms with Crippen LogP contribution in [-0.4, -0.2) is 19.5 Å². The van der Waals surface area contributed by atoms with Gasteiger partial charge in [-0.25, -0.2) is 15.0 Å². The Balaban J connectivity index is 1.06. The van der Waals surface area contributed by atoms with E-state index >= 15 is 0 Å².